The predicted octanol–water partition coefficient (Wildman–Crippen LogP) is 4.64. The minimum Gasteiger partial charge on any atom is -0.490 e. The molecule has 0 aromatic heterocycles. The second-order valence-electron chi connectivity index (χ2n) is 6.77. The Kier molecular flexibility index (Phi) is 7.76. The number of nitrogens with zero attached hydrogens (tertiary/aromatic N) is 1. The third-order valence-electron chi connectivity index (χ3n) is 4.60. The monoisotopic (exact) mass is 421 g/mol. The van der Waals surface area contributed by atoms with E-state index in [2.05, 4.69) is 6.92 Å². The highest BCUT2D eigenvalue weighted by Crippen LogP contribution is 2.35. The molecule has 0 bridgehead atoms. The molecule has 3 rings (SSSR count). The van der Waals surface area contributed by atoms with Crippen molar-refractivity contribution in [1.82, 2.24) is 4.90 Å². The molecule has 5 nitrogen and oxygen atoms in total. The van der Waals surface area contributed by atoms with E-state index in [0.717, 1.165) is 43.6 Å². The van der Waals surface area contributed by atoms with Crippen molar-refractivity contribution in [3.05, 3.63) is 28.7 Å². The molecule has 0 unspecified atom stereocenters. The van der Waals surface area contributed by atoms with Crippen LogP contribution in [0, 0.1) is 0 Å². The minimum absolute atomic E-state index is 0.0493. The van der Waals surface area contributed by atoms with Crippen LogP contribution in [0.5, 0.6) is 11.5 Å². The second-order valence-corrected chi connectivity index (χ2v) is 8.44. The van der Waals surface area contributed by atoms with Crippen LogP contribution in [0.3, 0.4) is 0 Å². The summed E-state index contributed by atoms with van der Waals surface area (Å²) in [5, 5.41) is 0. The van der Waals surface area contributed by atoms with Gasteiger partial charge in [-0.05, 0) is 50.0 Å². The van der Waals surface area contributed by atoms with Crippen molar-refractivity contribution < 1.29 is 19.0 Å². The van der Waals surface area contributed by atoms with Gasteiger partial charge in [-0.3, -0.25) is 9.69 Å². The smallest absolute Gasteiger partial charge is 0.266 e. The molecule has 7 heteroatoms. The number of hydrogen-bond acceptors (Lipinski definition) is 6. The van der Waals surface area contributed by atoms with Crippen molar-refractivity contribution in [2.75, 3.05) is 26.4 Å². The van der Waals surface area contributed by atoms with E-state index in [1.165, 1.54) is 11.8 Å². The fourth-order valence-corrected chi connectivity index (χ4v) is 4.40. The van der Waals surface area contributed by atoms with Gasteiger partial charge >= 0.3 is 0 Å². The summed E-state index contributed by atoms with van der Waals surface area (Å²) < 4.78 is 17.8. The van der Waals surface area contributed by atoms with Crippen LogP contribution in [-0.2, 0) is 9.53 Å². The average molecular weight is 422 g/mol. The molecule has 28 heavy (non-hydrogen) atoms. The van der Waals surface area contributed by atoms with Gasteiger partial charge in [-0.1, -0.05) is 43.4 Å². The molecule has 0 spiro atoms. The molecule has 0 saturated carbocycles. The van der Waals surface area contributed by atoms with E-state index in [0.29, 0.717) is 34.7 Å². The topological polar surface area (TPSA) is 48.0 Å². The molecule has 1 amide bonds. The molecular formula is C21H27NO4S2. The van der Waals surface area contributed by atoms with Crippen LogP contribution in [0.15, 0.2) is 23.1 Å². The Morgan fingerprint density at radius 1 is 1.32 bits per heavy atom. The number of thiocarbonyl (C=S) groups is 1. The maximum Gasteiger partial charge on any atom is 0.266 e. The number of carbonyl (C=O) groups is 1. The van der Waals surface area contributed by atoms with Gasteiger partial charge in [-0.25, -0.2) is 0 Å². The van der Waals surface area contributed by atoms with Gasteiger partial charge in [0.15, 0.2) is 11.5 Å². The number of amides is 1. The van der Waals surface area contributed by atoms with Crippen molar-refractivity contribution >= 4 is 40.3 Å². The lowest BCUT2D eigenvalue weighted by Crippen LogP contribution is -2.35. The average Bonchev–Trinajstić information content (AvgIpc) is 3.28. The van der Waals surface area contributed by atoms with Gasteiger partial charge in [0.2, 0.25) is 0 Å². The van der Waals surface area contributed by atoms with Crippen LogP contribution in [0.1, 0.15) is 45.1 Å². The summed E-state index contributed by atoms with van der Waals surface area (Å²) in [5.41, 5.74) is 0.893. The second kappa shape index (κ2) is 10.3. The van der Waals surface area contributed by atoms with E-state index in [9.17, 15) is 4.79 Å². The van der Waals surface area contributed by atoms with E-state index in [1.54, 1.807) is 4.90 Å². The van der Waals surface area contributed by atoms with E-state index in [4.69, 9.17) is 26.4 Å². The number of rotatable bonds is 9. The maximum absolute atomic E-state index is 12.8. The van der Waals surface area contributed by atoms with Crippen LogP contribution < -0.4 is 9.47 Å². The fourth-order valence-electron chi connectivity index (χ4n) is 3.13. The first-order chi connectivity index (χ1) is 13.6. The van der Waals surface area contributed by atoms with Crippen molar-refractivity contribution in [3.8, 4) is 11.5 Å². The summed E-state index contributed by atoms with van der Waals surface area (Å²) in [6.07, 6.45) is 6.06. The van der Waals surface area contributed by atoms with Gasteiger partial charge in [-0.15, -0.1) is 0 Å². The van der Waals surface area contributed by atoms with Crippen molar-refractivity contribution in [3.63, 3.8) is 0 Å². The molecule has 2 heterocycles. The molecule has 152 valence electrons. The molecule has 2 saturated heterocycles. The Hall–Kier alpha value is -1.57. The number of unbranched alkanes of at least 4 members (excludes halogenated alkanes) is 1. The van der Waals surface area contributed by atoms with Gasteiger partial charge in [0.05, 0.1) is 30.8 Å². The molecule has 2 fully saturated rings. The Bertz CT molecular complexity index is 744. The zero-order valence-electron chi connectivity index (χ0n) is 16.4. The molecule has 0 N–H and O–H groups in total. The van der Waals surface area contributed by atoms with E-state index in [1.807, 2.05) is 31.2 Å². The maximum atomic E-state index is 12.8. The summed E-state index contributed by atoms with van der Waals surface area (Å²) in [6, 6.07) is 5.76. The van der Waals surface area contributed by atoms with Crippen molar-refractivity contribution in [1.29, 1.82) is 0 Å². The normalized spacial score (nSPS) is 21.0. The zero-order valence-corrected chi connectivity index (χ0v) is 18.1. The molecule has 1 aromatic carbocycles. The number of benzene rings is 1. The molecular weight excluding hydrogens is 394 g/mol. The molecule has 1 aromatic rings. The summed E-state index contributed by atoms with van der Waals surface area (Å²) in [7, 11) is 0. The SMILES string of the molecule is CCCCOc1ccc(/C=C2\SC(=S)N(C[C@H]3CCCO3)C2=O)cc1OCC. The number of thioether (sulfide) groups is 1. The summed E-state index contributed by atoms with van der Waals surface area (Å²) in [5.74, 6) is 1.38. The summed E-state index contributed by atoms with van der Waals surface area (Å²) in [4.78, 5) is 15.1. The van der Waals surface area contributed by atoms with Crippen LogP contribution >= 0.6 is 24.0 Å². The standard InChI is InChI=1S/C21H27NO4S2/c1-3-5-10-26-17-9-8-15(12-18(17)24-4-2)13-19-20(23)22(21(27)28-19)14-16-7-6-11-25-16/h8-9,12-13,16H,3-7,10-11,14H2,1-2H3/b19-13-/t16-/m1/s1. The van der Waals surface area contributed by atoms with Crippen molar-refractivity contribution in [2.24, 2.45) is 0 Å². The van der Waals surface area contributed by atoms with Gasteiger partial charge < -0.3 is 14.2 Å². The van der Waals surface area contributed by atoms with E-state index < -0.39 is 0 Å². The van der Waals surface area contributed by atoms with E-state index in [-0.39, 0.29) is 12.0 Å². The highest BCUT2D eigenvalue weighted by molar-refractivity contribution is 8.26. The predicted molar refractivity (Wildman–Crippen MR) is 117 cm³/mol. The number of hydrogen-bond donors (Lipinski definition) is 0. The third-order valence-corrected chi connectivity index (χ3v) is 5.98. The summed E-state index contributed by atoms with van der Waals surface area (Å²) in [6.45, 7) is 6.59. The third kappa shape index (κ3) is 5.27. The van der Waals surface area contributed by atoms with Crippen LogP contribution in [0.25, 0.3) is 6.08 Å². The Morgan fingerprint density at radius 3 is 2.89 bits per heavy atom. The van der Waals surface area contributed by atoms with Gasteiger partial charge in [0.1, 0.15) is 4.32 Å². The largest absolute Gasteiger partial charge is 0.490 e. The lowest BCUT2D eigenvalue weighted by atomic mass is 10.1. The first-order valence-corrected chi connectivity index (χ1v) is 11.1. The van der Waals surface area contributed by atoms with Gasteiger partial charge in [0.25, 0.3) is 5.91 Å². The highest BCUT2D eigenvalue weighted by atomic mass is 32.2. The quantitative estimate of drug-likeness (QED) is 0.329. The van der Waals surface area contributed by atoms with Gasteiger partial charge in [-0.2, -0.15) is 0 Å². The molecule has 1 atom stereocenters. The van der Waals surface area contributed by atoms with Gasteiger partial charge in [0, 0.05) is 6.61 Å². The van der Waals surface area contributed by atoms with Crippen LogP contribution in [-0.4, -0.2) is 47.6 Å². The van der Waals surface area contributed by atoms with Crippen LogP contribution in [0.2, 0.25) is 0 Å². The Balaban J connectivity index is 1.73. The summed E-state index contributed by atoms with van der Waals surface area (Å²) >= 11 is 6.76. The van der Waals surface area contributed by atoms with Crippen molar-refractivity contribution in [2.45, 2.75) is 45.6 Å². The Labute approximate surface area is 176 Å². The highest BCUT2D eigenvalue weighted by Gasteiger charge is 2.34. The number of ether oxygens (including phenoxy) is 3. The first kappa shape index (κ1) is 21.1. The lowest BCUT2D eigenvalue weighted by molar-refractivity contribution is -0.123. The number of carbonyl (C=O) groups excluding carboxylic acids is 1. The van der Waals surface area contributed by atoms with Crippen LogP contribution in [0.4, 0.5) is 0 Å². The zero-order chi connectivity index (χ0) is 19.9. The molecule has 2 aliphatic heterocycles. The molecule has 0 aliphatic carbocycles. The minimum atomic E-state index is -0.0493. The fraction of sp³-hybridized carbons (Fsp3) is 0.524. The first-order valence-electron chi connectivity index (χ1n) is 9.89. The molecule has 0 radical (unpaired) electrons. The molecule has 2 aliphatic rings. The Morgan fingerprint density at radius 2 is 2.18 bits per heavy atom. The van der Waals surface area contributed by atoms with E-state index >= 15 is 0 Å². The lowest BCUT2D eigenvalue weighted by Gasteiger charge is -2.18.